The zero-order chi connectivity index (χ0) is 17.8. The van der Waals surface area contributed by atoms with Gasteiger partial charge < -0.3 is 9.57 Å². The molecule has 0 bridgehead atoms. The molecule has 2 atom stereocenters. The molecule has 1 aliphatic heterocycles. The molecule has 1 aliphatic rings. The molecule has 0 saturated carbocycles. The van der Waals surface area contributed by atoms with Crippen LogP contribution in [0.4, 0.5) is 0 Å². The molecule has 0 aliphatic carbocycles. The molecular formula is C19H17ClN4O2. The van der Waals surface area contributed by atoms with Crippen LogP contribution in [0, 0.1) is 0 Å². The van der Waals surface area contributed by atoms with Crippen molar-refractivity contribution in [1.29, 1.82) is 0 Å². The first-order valence-electron chi connectivity index (χ1n) is 8.29. The lowest BCUT2D eigenvalue weighted by atomic mass is 10.00. The van der Waals surface area contributed by atoms with E-state index in [4.69, 9.17) is 21.2 Å². The van der Waals surface area contributed by atoms with Gasteiger partial charge in [-0.15, -0.1) is 0 Å². The number of oxime groups is 1. The van der Waals surface area contributed by atoms with Crippen molar-refractivity contribution in [2.45, 2.75) is 25.4 Å². The Hall–Kier alpha value is -2.70. The van der Waals surface area contributed by atoms with E-state index in [2.05, 4.69) is 15.2 Å². The molecule has 0 radical (unpaired) electrons. The van der Waals surface area contributed by atoms with Gasteiger partial charge in [0.25, 0.3) is 0 Å². The van der Waals surface area contributed by atoms with Crippen molar-refractivity contribution >= 4 is 17.3 Å². The Balaban J connectivity index is 1.54. The van der Waals surface area contributed by atoms with Crippen LogP contribution in [0.2, 0.25) is 5.02 Å². The van der Waals surface area contributed by atoms with E-state index in [0.29, 0.717) is 18.1 Å². The molecule has 1 aromatic heterocycles. The minimum Gasteiger partial charge on any atom is -0.363 e. The van der Waals surface area contributed by atoms with E-state index in [1.165, 1.54) is 6.33 Å². The summed E-state index contributed by atoms with van der Waals surface area (Å²) in [5, 5.41) is 9.27. The third kappa shape index (κ3) is 3.76. The van der Waals surface area contributed by atoms with Crippen LogP contribution in [0.25, 0.3) is 0 Å². The van der Waals surface area contributed by atoms with Gasteiger partial charge in [-0.2, -0.15) is 5.10 Å². The maximum atomic E-state index is 5.99. The van der Waals surface area contributed by atoms with Gasteiger partial charge in [-0.05, 0) is 17.7 Å². The van der Waals surface area contributed by atoms with E-state index in [9.17, 15) is 0 Å². The zero-order valence-electron chi connectivity index (χ0n) is 13.9. The number of nitrogens with zero attached hydrogens (tertiary/aromatic N) is 4. The quantitative estimate of drug-likeness (QED) is 0.686. The molecule has 132 valence electrons. The summed E-state index contributed by atoms with van der Waals surface area (Å²) in [4.78, 5) is 9.65. The molecule has 3 aromatic rings. The Bertz CT molecular complexity index is 866. The SMILES string of the molecule is Clc1ccc(C2=NOC(OCc3ccccc3)CC2n2cncn2)cc1. The standard InChI is InChI=1S/C19H17ClN4O2/c20-16-8-6-15(7-9-16)19-17(24-13-21-12-22-24)10-18(26-23-19)25-11-14-4-2-1-3-5-14/h1-9,12-13,17-18H,10-11H2. The molecule has 2 aromatic carbocycles. The van der Waals surface area contributed by atoms with Crippen molar-refractivity contribution in [3.05, 3.63) is 83.4 Å². The van der Waals surface area contributed by atoms with Crippen molar-refractivity contribution in [2.24, 2.45) is 5.16 Å². The normalized spacial score (nSPS) is 19.7. The minimum atomic E-state index is -0.458. The van der Waals surface area contributed by atoms with Crippen LogP contribution in [0.5, 0.6) is 0 Å². The number of halogens is 1. The Morgan fingerprint density at radius 2 is 1.92 bits per heavy atom. The fourth-order valence-corrected chi connectivity index (χ4v) is 2.98. The molecule has 0 saturated heterocycles. The lowest BCUT2D eigenvalue weighted by Crippen LogP contribution is -2.32. The maximum absolute atomic E-state index is 5.99. The molecule has 0 amide bonds. The van der Waals surface area contributed by atoms with Crippen molar-refractivity contribution in [3.63, 3.8) is 0 Å². The molecule has 0 fully saturated rings. The van der Waals surface area contributed by atoms with Gasteiger partial charge in [0.2, 0.25) is 6.29 Å². The summed E-state index contributed by atoms with van der Waals surface area (Å²) in [6, 6.07) is 17.3. The predicted octanol–water partition coefficient (Wildman–Crippen LogP) is 3.84. The largest absolute Gasteiger partial charge is 0.363 e. The van der Waals surface area contributed by atoms with Gasteiger partial charge >= 0.3 is 0 Å². The average molecular weight is 369 g/mol. The zero-order valence-corrected chi connectivity index (χ0v) is 14.7. The van der Waals surface area contributed by atoms with Crippen LogP contribution in [-0.4, -0.2) is 26.8 Å². The van der Waals surface area contributed by atoms with Crippen LogP contribution in [0.15, 0.2) is 72.4 Å². The first-order valence-corrected chi connectivity index (χ1v) is 8.66. The second-order valence-electron chi connectivity index (χ2n) is 5.94. The molecule has 26 heavy (non-hydrogen) atoms. The summed E-state index contributed by atoms with van der Waals surface area (Å²) >= 11 is 5.99. The Morgan fingerprint density at radius 1 is 1.12 bits per heavy atom. The first kappa shape index (κ1) is 16.8. The monoisotopic (exact) mass is 368 g/mol. The van der Waals surface area contributed by atoms with Gasteiger partial charge in [0.05, 0.1) is 6.61 Å². The summed E-state index contributed by atoms with van der Waals surface area (Å²) in [7, 11) is 0. The second-order valence-corrected chi connectivity index (χ2v) is 6.38. The van der Waals surface area contributed by atoms with Gasteiger partial charge in [-0.3, -0.25) is 0 Å². The highest BCUT2D eigenvalue weighted by Crippen LogP contribution is 2.27. The van der Waals surface area contributed by atoms with Crippen LogP contribution in [0.1, 0.15) is 23.6 Å². The van der Waals surface area contributed by atoms with Crippen molar-refractivity contribution in [1.82, 2.24) is 14.8 Å². The molecule has 4 rings (SSSR count). The van der Waals surface area contributed by atoms with Crippen LogP contribution >= 0.6 is 11.6 Å². The van der Waals surface area contributed by atoms with E-state index in [1.54, 1.807) is 11.0 Å². The molecule has 7 heteroatoms. The third-order valence-corrected chi connectivity index (χ3v) is 4.43. The van der Waals surface area contributed by atoms with Gasteiger partial charge in [-0.25, -0.2) is 9.67 Å². The average Bonchev–Trinajstić information content (AvgIpc) is 3.22. The maximum Gasteiger partial charge on any atom is 0.229 e. The third-order valence-electron chi connectivity index (χ3n) is 4.17. The topological polar surface area (TPSA) is 61.5 Å². The highest BCUT2D eigenvalue weighted by atomic mass is 35.5. The Kier molecular flexibility index (Phi) is 4.95. The lowest BCUT2D eigenvalue weighted by Gasteiger charge is -2.28. The Morgan fingerprint density at radius 3 is 2.65 bits per heavy atom. The molecule has 2 unspecified atom stereocenters. The fourth-order valence-electron chi connectivity index (χ4n) is 2.85. The number of ether oxygens (including phenoxy) is 1. The molecule has 0 spiro atoms. The molecular weight excluding hydrogens is 352 g/mol. The van der Waals surface area contributed by atoms with Crippen molar-refractivity contribution in [2.75, 3.05) is 0 Å². The highest BCUT2D eigenvalue weighted by molar-refractivity contribution is 6.30. The van der Waals surface area contributed by atoms with E-state index in [-0.39, 0.29) is 6.04 Å². The van der Waals surface area contributed by atoms with Gasteiger partial charge in [0.1, 0.15) is 24.4 Å². The van der Waals surface area contributed by atoms with Crippen molar-refractivity contribution in [3.8, 4) is 0 Å². The minimum absolute atomic E-state index is 0.131. The lowest BCUT2D eigenvalue weighted by molar-refractivity contribution is -0.162. The predicted molar refractivity (Wildman–Crippen MR) is 97.8 cm³/mol. The molecule has 0 N–H and O–H groups in total. The Labute approximate surface area is 156 Å². The van der Waals surface area contributed by atoms with E-state index >= 15 is 0 Å². The molecule has 2 heterocycles. The summed E-state index contributed by atoms with van der Waals surface area (Å²) in [5.41, 5.74) is 2.78. The van der Waals surface area contributed by atoms with Crippen LogP contribution in [0.3, 0.4) is 0 Å². The number of hydrogen-bond donors (Lipinski definition) is 0. The fraction of sp³-hybridized carbons (Fsp3) is 0.211. The summed E-state index contributed by atoms with van der Waals surface area (Å²) < 4.78 is 7.66. The number of rotatable bonds is 5. The highest BCUT2D eigenvalue weighted by Gasteiger charge is 2.31. The summed E-state index contributed by atoms with van der Waals surface area (Å²) in [6.07, 6.45) is 3.31. The number of hydrogen-bond acceptors (Lipinski definition) is 5. The van der Waals surface area contributed by atoms with E-state index < -0.39 is 6.29 Å². The number of benzene rings is 2. The van der Waals surface area contributed by atoms with Crippen LogP contribution in [-0.2, 0) is 16.2 Å². The smallest absolute Gasteiger partial charge is 0.229 e. The summed E-state index contributed by atoms with van der Waals surface area (Å²) in [6.45, 7) is 0.460. The summed E-state index contributed by atoms with van der Waals surface area (Å²) in [5.74, 6) is 0. The second kappa shape index (κ2) is 7.68. The van der Waals surface area contributed by atoms with Crippen LogP contribution < -0.4 is 0 Å². The van der Waals surface area contributed by atoms with Gasteiger partial charge in [0, 0.05) is 17.0 Å². The van der Waals surface area contributed by atoms with Gasteiger partial charge in [0.15, 0.2) is 0 Å². The van der Waals surface area contributed by atoms with Gasteiger partial charge in [-0.1, -0.05) is 59.2 Å². The van der Waals surface area contributed by atoms with E-state index in [0.717, 1.165) is 16.8 Å². The van der Waals surface area contributed by atoms with Crippen molar-refractivity contribution < 1.29 is 9.57 Å². The first-order chi connectivity index (χ1) is 12.8. The number of aromatic nitrogens is 3. The van der Waals surface area contributed by atoms with E-state index in [1.807, 2.05) is 54.6 Å². The molecule has 6 nitrogen and oxygen atoms in total.